The third-order valence-electron chi connectivity index (χ3n) is 5.26. The molecule has 1 fully saturated rings. The van der Waals surface area contributed by atoms with Crippen LogP contribution in [0, 0.1) is 5.41 Å². The van der Waals surface area contributed by atoms with E-state index in [4.69, 9.17) is 8.92 Å². The van der Waals surface area contributed by atoms with Crippen molar-refractivity contribution in [2.45, 2.75) is 31.3 Å². The molecule has 1 aliphatic rings. The quantitative estimate of drug-likeness (QED) is 0.245. The van der Waals surface area contributed by atoms with Crippen LogP contribution in [0.5, 0.6) is 11.5 Å². The van der Waals surface area contributed by atoms with E-state index in [9.17, 15) is 5.11 Å². The Bertz CT molecular complexity index is 722. The highest BCUT2D eigenvalue weighted by atomic mass is 127. The van der Waals surface area contributed by atoms with Crippen LogP contribution in [0.3, 0.4) is 0 Å². The standard InChI is InChI=1S/C20H22I2O3S2/c21-26-15-19(14-24-27-22)9-11-20(23,12-10-19)16-5-4-8-18(13-16)25-17-6-2-1-3-7-17/h1-8,13,23H,9-12,14-15H2. The molecule has 3 rings (SSSR count). The summed E-state index contributed by atoms with van der Waals surface area (Å²) in [6, 6.07) is 17.6. The number of rotatable bonds is 8. The first-order chi connectivity index (χ1) is 13.1. The summed E-state index contributed by atoms with van der Waals surface area (Å²) in [6.07, 6.45) is 3.41. The van der Waals surface area contributed by atoms with E-state index in [2.05, 4.69) is 42.4 Å². The van der Waals surface area contributed by atoms with Gasteiger partial charge in [0, 0.05) is 32.4 Å². The summed E-state index contributed by atoms with van der Waals surface area (Å²) < 4.78 is 11.6. The lowest BCUT2D eigenvalue weighted by Crippen LogP contribution is -2.40. The van der Waals surface area contributed by atoms with Gasteiger partial charge in [-0.2, -0.15) is 0 Å². The molecule has 0 atom stereocenters. The predicted molar refractivity (Wildman–Crippen MR) is 132 cm³/mol. The second-order valence-corrected chi connectivity index (χ2v) is 10.9. The van der Waals surface area contributed by atoms with Crippen LogP contribution >= 0.6 is 60.6 Å². The van der Waals surface area contributed by atoms with E-state index in [0.717, 1.165) is 55.1 Å². The van der Waals surface area contributed by atoms with Crippen molar-refractivity contribution in [3.63, 3.8) is 0 Å². The van der Waals surface area contributed by atoms with Crippen LogP contribution in [0.25, 0.3) is 0 Å². The van der Waals surface area contributed by atoms with Crippen molar-refractivity contribution in [3.05, 3.63) is 60.2 Å². The first-order valence-electron chi connectivity index (χ1n) is 8.79. The Labute approximate surface area is 193 Å². The topological polar surface area (TPSA) is 38.7 Å². The van der Waals surface area contributed by atoms with Gasteiger partial charge in [-0.1, -0.05) is 39.3 Å². The van der Waals surface area contributed by atoms with Gasteiger partial charge in [-0.15, -0.1) is 0 Å². The second-order valence-electron chi connectivity index (χ2n) is 7.05. The first kappa shape index (κ1) is 22.0. The third kappa shape index (κ3) is 5.91. The molecule has 3 nitrogen and oxygen atoms in total. The molecule has 2 aromatic carbocycles. The summed E-state index contributed by atoms with van der Waals surface area (Å²) in [5.74, 6) is 2.62. The molecule has 2 aromatic rings. The van der Waals surface area contributed by atoms with E-state index in [1.54, 1.807) is 0 Å². The van der Waals surface area contributed by atoms with Gasteiger partial charge in [0.2, 0.25) is 0 Å². The number of benzene rings is 2. The van der Waals surface area contributed by atoms with Crippen LogP contribution in [0.1, 0.15) is 31.2 Å². The van der Waals surface area contributed by atoms with Gasteiger partial charge in [-0.3, -0.25) is 0 Å². The summed E-state index contributed by atoms with van der Waals surface area (Å²) in [6.45, 7) is 0.740. The Morgan fingerprint density at radius 1 is 0.926 bits per heavy atom. The van der Waals surface area contributed by atoms with Gasteiger partial charge < -0.3 is 14.0 Å². The SMILES string of the molecule is OC1(c2cccc(Oc3ccccc3)c2)CCC(COSI)(CSI)CC1. The van der Waals surface area contributed by atoms with Gasteiger partial charge >= 0.3 is 0 Å². The molecule has 1 aliphatic carbocycles. The van der Waals surface area contributed by atoms with Crippen LogP contribution in [-0.4, -0.2) is 17.5 Å². The maximum absolute atomic E-state index is 11.3. The molecule has 7 heteroatoms. The molecular formula is C20H22I2O3S2. The monoisotopic (exact) mass is 628 g/mol. The highest BCUT2D eigenvalue weighted by Gasteiger charge is 2.43. The molecule has 0 radical (unpaired) electrons. The van der Waals surface area contributed by atoms with E-state index < -0.39 is 5.60 Å². The normalized spacial score (nSPS) is 25.3. The molecule has 0 bridgehead atoms. The van der Waals surface area contributed by atoms with Crippen molar-refractivity contribution in [1.29, 1.82) is 0 Å². The number of hydrogen-bond donors (Lipinski definition) is 1. The minimum atomic E-state index is -0.799. The zero-order valence-electron chi connectivity index (χ0n) is 14.8. The van der Waals surface area contributed by atoms with Gasteiger partial charge in [-0.05, 0) is 76.7 Å². The highest BCUT2D eigenvalue weighted by molar-refractivity contribution is 14.2. The summed E-state index contributed by atoms with van der Waals surface area (Å²) in [4.78, 5) is 0. The Kier molecular flexibility index (Phi) is 8.46. The Balaban J connectivity index is 1.72. The van der Waals surface area contributed by atoms with Crippen LogP contribution in [0.15, 0.2) is 54.6 Å². The molecular weight excluding hydrogens is 606 g/mol. The summed E-state index contributed by atoms with van der Waals surface area (Å²) in [5, 5.41) is 11.3. The summed E-state index contributed by atoms with van der Waals surface area (Å²) in [7, 11) is 3.23. The fourth-order valence-corrected chi connectivity index (χ4v) is 6.81. The van der Waals surface area contributed by atoms with E-state index >= 15 is 0 Å². The van der Waals surface area contributed by atoms with Crippen LogP contribution < -0.4 is 4.74 Å². The molecule has 0 amide bonds. The van der Waals surface area contributed by atoms with Crippen molar-refractivity contribution in [3.8, 4) is 11.5 Å². The lowest BCUT2D eigenvalue weighted by atomic mass is 9.68. The number of ether oxygens (including phenoxy) is 1. The largest absolute Gasteiger partial charge is 0.457 e. The van der Waals surface area contributed by atoms with Crippen LogP contribution in [-0.2, 0) is 9.78 Å². The summed E-state index contributed by atoms with van der Waals surface area (Å²) >= 11 is 4.53. The van der Waals surface area contributed by atoms with Crippen molar-refractivity contribution < 1.29 is 14.0 Å². The number of aliphatic hydroxyl groups is 1. The molecule has 1 N–H and O–H groups in total. The average molecular weight is 628 g/mol. The van der Waals surface area contributed by atoms with Crippen molar-refractivity contribution >= 4 is 60.6 Å². The molecule has 0 heterocycles. The van der Waals surface area contributed by atoms with E-state index in [0.29, 0.717) is 0 Å². The average Bonchev–Trinajstić information content (AvgIpc) is 2.70. The second kappa shape index (κ2) is 10.4. The number of para-hydroxylation sites is 1. The fraction of sp³-hybridized carbons (Fsp3) is 0.400. The Morgan fingerprint density at radius 3 is 2.30 bits per heavy atom. The first-order valence-corrected chi connectivity index (χ1v) is 15.6. The number of halogens is 2. The Morgan fingerprint density at radius 2 is 1.63 bits per heavy atom. The maximum Gasteiger partial charge on any atom is 0.127 e. The lowest BCUT2D eigenvalue weighted by molar-refractivity contribution is -0.0418. The van der Waals surface area contributed by atoms with Gasteiger partial charge in [0.25, 0.3) is 0 Å². The molecule has 0 aromatic heterocycles. The van der Waals surface area contributed by atoms with E-state index in [-0.39, 0.29) is 5.41 Å². The minimum absolute atomic E-state index is 0.147. The highest BCUT2D eigenvalue weighted by Crippen LogP contribution is 2.49. The van der Waals surface area contributed by atoms with Crippen molar-refractivity contribution in [2.75, 3.05) is 12.4 Å². The number of hydrogen-bond acceptors (Lipinski definition) is 5. The lowest BCUT2D eigenvalue weighted by Gasteiger charge is -2.43. The van der Waals surface area contributed by atoms with Crippen LogP contribution in [0.2, 0.25) is 0 Å². The summed E-state index contributed by atoms with van der Waals surface area (Å²) in [5.41, 5.74) is 0.289. The van der Waals surface area contributed by atoms with E-state index in [1.165, 1.54) is 9.21 Å². The smallest absolute Gasteiger partial charge is 0.127 e. The minimum Gasteiger partial charge on any atom is -0.457 e. The molecule has 0 saturated heterocycles. The zero-order valence-corrected chi connectivity index (χ0v) is 20.7. The third-order valence-corrected chi connectivity index (χ3v) is 7.88. The van der Waals surface area contributed by atoms with Gasteiger partial charge in [0.1, 0.15) is 11.5 Å². The van der Waals surface area contributed by atoms with Gasteiger partial charge in [0.15, 0.2) is 0 Å². The van der Waals surface area contributed by atoms with E-state index in [1.807, 2.05) is 63.5 Å². The molecule has 146 valence electrons. The van der Waals surface area contributed by atoms with Crippen molar-refractivity contribution in [2.24, 2.45) is 5.41 Å². The molecule has 0 unspecified atom stereocenters. The fourth-order valence-electron chi connectivity index (χ4n) is 3.55. The maximum atomic E-state index is 11.3. The molecule has 0 spiro atoms. The van der Waals surface area contributed by atoms with Crippen molar-refractivity contribution in [1.82, 2.24) is 0 Å². The van der Waals surface area contributed by atoms with Gasteiger partial charge in [0.05, 0.1) is 21.4 Å². The zero-order chi connectivity index (χ0) is 19.2. The predicted octanol–water partition coefficient (Wildman–Crippen LogP) is 7.32. The molecule has 0 aliphatic heterocycles. The molecule has 1 saturated carbocycles. The Hall–Kier alpha value is 0.320. The van der Waals surface area contributed by atoms with Crippen LogP contribution in [0.4, 0.5) is 0 Å². The molecule has 27 heavy (non-hydrogen) atoms. The van der Waals surface area contributed by atoms with Gasteiger partial charge in [-0.25, -0.2) is 0 Å².